The number of thioether (sulfide) groups is 1. The van der Waals surface area contributed by atoms with Crippen molar-refractivity contribution in [3.05, 3.63) is 58.6 Å². The van der Waals surface area contributed by atoms with Gasteiger partial charge in [0.2, 0.25) is 5.91 Å². The van der Waals surface area contributed by atoms with Gasteiger partial charge in [0.25, 0.3) is 0 Å². The average molecular weight is 463 g/mol. The zero-order valence-corrected chi connectivity index (χ0v) is 18.4. The van der Waals surface area contributed by atoms with Crippen molar-refractivity contribution in [1.29, 1.82) is 0 Å². The average Bonchev–Trinajstić information content (AvgIpc) is 3.17. The molecule has 0 aliphatic carbocycles. The number of nitrogens with zero attached hydrogens (tertiary/aromatic N) is 3. The van der Waals surface area contributed by atoms with Crippen LogP contribution in [0.15, 0.2) is 53.7 Å². The summed E-state index contributed by atoms with van der Waals surface area (Å²) in [6.07, 6.45) is 1.69. The zero-order valence-electron chi connectivity index (χ0n) is 16.1. The smallest absolute Gasteiger partial charge is 0.230 e. The number of carbonyl (C=O) groups excluding carboxylic acids is 1. The highest BCUT2D eigenvalue weighted by Gasteiger charge is 2.20. The summed E-state index contributed by atoms with van der Waals surface area (Å²) in [6, 6.07) is 15.2. The van der Waals surface area contributed by atoms with Crippen molar-refractivity contribution in [3.8, 4) is 17.1 Å². The molecular weight excluding hydrogens is 443 g/mol. The van der Waals surface area contributed by atoms with Crippen LogP contribution >= 0.6 is 35.0 Å². The molecule has 0 radical (unpaired) electrons. The maximum atomic E-state index is 12.4. The van der Waals surface area contributed by atoms with Gasteiger partial charge in [0.1, 0.15) is 0 Å². The number of amides is 1. The van der Waals surface area contributed by atoms with Crippen LogP contribution < -0.4 is 5.32 Å². The maximum absolute atomic E-state index is 12.4. The number of halogens is 2. The fraction of sp³-hybridized carbons (Fsp3) is 0.286. The molecule has 0 bridgehead atoms. The van der Waals surface area contributed by atoms with Crippen LogP contribution in [0.1, 0.15) is 12.8 Å². The Hall–Kier alpha value is -2.06. The lowest BCUT2D eigenvalue weighted by molar-refractivity contribution is -0.119. The van der Waals surface area contributed by atoms with E-state index in [1.807, 2.05) is 41.0 Å². The Morgan fingerprint density at radius 1 is 1.13 bits per heavy atom. The van der Waals surface area contributed by atoms with Crippen LogP contribution in [0.3, 0.4) is 0 Å². The fourth-order valence-electron chi connectivity index (χ4n) is 3.26. The summed E-state index contributed by atoms with van der Waals surface area (Å²) in [5.41, 5.74) is 1.60. The van der Waals surface area contributed by atoms with Crippen LogP contribution in [-0.4, -0.2) is 45.7 Å². The Labute approximate surface area is 188 Å². The molecule has 1 fully saturated rings. The number of carbonyl (C=O) groups is 1. The molecule has 156 valence electrons. The minimum atomic E-state index is -0.0272. The maximum Gasteiger partial charge on any atom is 0.230 e. The summed E-state index contributed by atoms with van der Waals surface area (Å²) in [7, 11) is 0. The Kier molecular flexibility index (Phi) is 6.94. The van der Waals surface area contributed by atoms with Gasteiger partial charge >= 0.3 is 0 Å². The van der Waals surface area contributed by atoms with Crippen molar-refractivity contribution in [1.82, 2.24) is 20.1 Å². The molecule has 0 unspecified atom stereocenters. The quantitative estimate of drug-likeness (QED) is 0.540. The van der Waals surface area contributed by atoms with E-state index in [1.54, 1.807) is 12.1 Å². The first-order chi connectivity index (χ1) is 14.6. The van der Waals surface area contributed by atoms with Crippen molar-refractivity contribution in [2.24, 2.45) is 0 Å². The van der Waals surface area contributed by atoms with E-state index >= 15 is 0 Å². The van der Waals surface area contributed by atoms with Gasteiger partial charge in [0.15, 0.2) is 11.0 Å². The van der Waals surface area contributed by atoms with Crippen LogP contribution in [0, 0.1) is 0 Å². The van der Waals surface area contributed by atoms with E-state index in [0.717, 1.165) is 24.1 Å². The standard InChI is InChI=1S/C21H20Cl2N4O2S/c22-14-6-7-17(18(23)12-14)20-25-26-21(27(20)16-4-2-1-3-5-16)30-13-19(28)24-15-8-10-29-11-9-15/h1-7,12,15H,8-11,13H2,(H,24,28). The molecule has 2 aromatic carbocycles. The molecule has 1 N–H and O–H groups in total. The zero-order chi connectivity index (χ0) is 20.9. The highest BCUT2D eigenvalue weighted by Crippen LogP contribution is 2.33. The summed E-state index contributed by atoms with van der Waals surface area (Å²) in [6.45, 7) is 1.37. The van der Waals surface area contributed by atoms with Crippen molar-refractivity contribution < 1.29 is 9.53 Å². The molecule has 0 atom stereocenters. The van der Waals surface area contributed by atoms with Gasteiger partial charge in [0.05, 0.1) is 10.8 Å². The van der Waals surface area contributed by atoms with E-state index in [9.17, 15) is 4.79 Å². The lowest BCUT2D eigenvalue weighted by Crippen LogP contribution is -2.39. The number of hydrogen-bond acceptors (Lipinski definition) is 5. The van der Waals surface area contributed by atoms with Gasteiger partial charge in [-0.15, -0.1) is 10.2 Å². The highest BCUT2D eigenvalue weighted by atomic mass is 35.5. The van der Waals surface area contributed by atoms with Crippen molar-refractivity contribution in [2.75, 3.05) is 19.0 Å². The first-order valence-electron chi connectivity index (χ1n) is 9.58. The number of benzene rings is 2. The molecule has 1 aromatic heterocycles. The highest BCUT2D eigenvalue weighted by molar-refractivity contribution is 7.99. The second-order valence-corrected chi connectivity index (χ2v) is 8.63. The van der Waals surface area contributed by atoms with E-state index in [4.69, 9.17) is 27.9 Å². The third-order valence-corrected chi connectivity index (χ3v) is 6.22. The molecule has 0 saturated carbocycles. The fourth-order valence-corrected chi connectivity index (χ4v) is 4.52. The van der Waals surface area contributed by atoms with Crippen LogP contribution in [-0.2, 0) is 9.53 Å². The predicted molar refractivity (Wildman–Crippen MR) is 120 cm³/mol. The van der Waals surface area contributed by atoms with Gasteiger partial charge in [-0.3, -0.25) is 9.36 Å². The number of aromatic nitrogens is 3. The SMILES string of the molecule is O=C(CSc1nnc(-c2ccc(Cl)cc2Cl)n1-c1ccccc1)NC1CCOCC1. The summed E-state index contributed by atoms with van der Waals surface area (Å²) >= 11 is 13.8. The van der Waals surface area contributed by atoms with Crippen molar-refractivity contribution >= 4 is 40.9 Å². The molecule has 2 heterocycles. The van der Waals surface area contributed by atoms with E-state index in [1.165, 1.54) is 11.8 Å². The molecule has 1 saturated heterocycles. The summed E-state index contributed by atoms with van der Waals surface area (Å²) < 4.78 is 7.24. The Morgan fingerprint density at radius 3 is 2.63 bits per heavy atom. The summed E-state index contributed by atoms with van der Waals surface area (Å²) in [5, 5.41) is 13.4. The Balaban J connectivity index is 1.58. The molecular formula is C21H20Cl2N4O2S. The first-order valence-corrected chi connectivity index (χ1v) is 11.3. The number of rotatable bonds is 6. The summed E-state index contributed by atoms with van der Waals surface area (Å²) in [4.78, 5) is 12.4. The largest absolute Gasteiger partial charge is 0.381 e. The summed E-state index contributed by atoms with van der Waals surface area (Å²) in [5.74, 6) is 0.812. The number of hydrogen-bond donors (Lipinski definition) is 1. The van der Waals surface area contributed by atoms with Gasteiger partial charge in [0, 0.05) is 35.5 Å². The van der Waals surface area contributed by atoms with E-state index in [2.05, 4.69) is 15.5 Å². The molecule has 4 rings (SSSR count). The Morgan fingerprint density at radius 2 is 1.90 bits per heavy atom. The minimum absolute atomic E-state index is 0.0272. The molecule has 30 heavy (non-hydrogen) atoms. The number of ether oxygens (including phenoxy) is 1. The van der Waals surface area contributed by atoms with Crippen LogP contribution in [0.4, 0.5) is 0 Å². The van der Waals surface area contributed by atoms with Crippen LogP contribution in [0.2, 0.25) is 10.0 Å². The third kappa shape index (κ3) is 4.98. The monoisotopic (exact) mass is 462 g/mol. The molecule has 1 amide bonds. The predicted octanol–water partition coefficient (Wildman–Crippen LogP) is 4.63. The van der Waals surface area contributed by atoms with Crippen molar-refractivity contribution in [3.63, 3.8) is 0 Å². The van der Waals surface area contributed by atoms with Crippen LogP contribution in [0.25, 0.3) is 17.1 Å². The molecule has 1 aliphatic heterocycles. The lowest BCUT2D eigenvalue weighted by Gasteiger charge is -2.22. The van der Waals surface area contributed by atoms with Gasteiger partial charge in [-0.2, -0.15) is 0 Å². The molecule has 1 aliphatic rings. The Bertz CT molecular complexity index is 1020. The topological polar surface area (TPSA) is 69.0 Å². The molecule has 3 aromatic rings. The van der Waals surface area contributed by atoms with Crippen molar-refractivity contribution in [2.45, 2.75) is 24.0 Å². The minimum Gasteiger partial charge on any atom is -0.381 e. The number of para-hydroxylation sites is 1. The van der Waals surface area contributed by atoms with E-state index in [-0.39, 0.29) is 17.7 Å². The van der Waals surface area contributed by atoms with Gasteiger partial charge in [-0.1, -0.05) is 53.2 Å². The molecule has 0 spiro atoms. The van der Waals surface area contributed by atoms with E-state index in [0.29, 0.717) is 34.2 Å². The first kappa shape index (κ1) is 21.2. The van der Waals surface area contributed by atoms with Gasteiger partial charge < -0.3 is 10.1 Å². The molecule has 6 nitrogen and oxygen atoms in total. The lowest BCUT2D eigenvalue weighted by atomic mass is 10.1. The molecule has 9 heteroatoms. The van der Waals surface area contributed by atoms with Crippen LogP contribution in [0.5, 0.6) is 0 Å². The number of nitrogens with one attached hydrogen (secondary N) is 1. The third-order valence-electron chi connectivity index (χ3n) is 4.74. The second-order valence-electron chi connectivity index (χ2n) is 6.84. The van der Waals surface area contributed by atoms with E-state index < -0.39 is 0 Å². The van der Waals surface area contributed by atoms with Gasteiger partial charge in [-0.25, -0.2) is 0 Å². The van der Waals surface area contributed by atoms with Gasteiger partial charge in [-0.05, 0) is 43.2 Å². The second kappa shape index (κ2) is 9.83. The normalized spacial score (nSPS) is 14.6.